The van der Waals surface area contributed by atoms with E-state index in [1.807, 2.05) is 52.8 Å². The van der Waals surface area contributed by atoms with Crippen LogP contribution < -0.4 is 0 Å². The zero-order valence-corrected chi connectivity index (χ0v) is 20.3. The lowest BCUT2D eigenvalue weighted by molar-refractivity contribution is 0.130. The molecule has 33 heavy (non-hydrogen) atoms. The Balaban J connectivity index is 1.71. The van der Waals surface area contributed by atoms with Crippen molar-refractivity contribution < 1.29 is 13.9 Å². The highest BCUT2D eigenvalue weighted by molar-refractivity contribution is 6.29. The largest absolute Gasteiger partial charge is 0.439 e. The number of amides is 1. The van der Waals surface area contributed by atoms with E-state index in [2.05, 4.69) is 17.1 Å². The quantitative estimate of drug-likeness (QED) is 0.369. The first kappa shape index (κ1) is 23.2. The van der Waals surface area contributed by atoms with Crippen LogP contribution in [0.15, 0.2) is 48.7 Å². The van der Waals surface area contributed by atoms with Crippen molar-refractivity contribution in [2.24, 2.45) is 0 Å². The normalized spacial score (nSPS) is 18.2. The number of hydrogen-bond donors (Lipinski definition) is 0. The zero-order valence-electron chi connectivity index (χ0n) is 19.5. The van der Waals surface area contributed by atoms with Crippen molar-refractivity contribution in [3.05, 3.63) is 87.4 Å². The van der Waals surface area contributed by atoms with Gasteiger partial charge in [-0.05, 0) is 84.3 Å². The van der Waals surface area contributed by atoms with Crippen molar-refractivity contribution in [1.82, 2.24) is 9.88 Å². The summed E-state index contributed by atoms with van der Waals surface area (Å²) >= 11 is 6.05. The Labute approximate surface area is 199 Å². The molecule has 4 rings (SSSR count). The maximum Gasteiger partial charge on any atom is 0.411 e. The number of nitrogens with zero attached hydrogens (tertiary/aromatic N) is 2. The molecule has 0 aliphatic carbocycles. The first-order chi connectivity index (χ1) is 15.7. The molecule has 4 nitrogen and oxygen atoms in total. The third-order valence-corrected chi connectivity index (χ3v) is 6.54. The Morgan fingerprint density at radius 3 is 2.58 bits per heavy atom. The van der Waals surface area contributed by atoms with Gasteiger partial charge in [-0.25, -0.2) is 14.2 Å². The number of hydrogen-bond acceptors (Lipinski definition) is 3. The number of aromatic nitrogens is 1. The number of halogens is 2. The molecule has 3 aromatic rings. The smallest absolute Gasteiger partial charge is 0.411 e. The lowest BCUT2D eigenvalue weighted by Crippen LogP contribution is -2.31. The van der Waals surface area contributed by atoms with E-state index in [9.17, 15) is 9.18 Å². The van der Waals surface area contributed by atoms with Crippen LogP contribution in [-0.4, -0.2) is 22.0 Å². The fraction of sp³-hybridized carbons (Fsp3) is 0.333. The summed E-state index contributed by atoms with van der Waals surface area (Å²) in [6, 6.07) is 13.1. The van der Waals surface area contributed by atoms with Gasteiger partial charge in [-0.1, -0.05) is 49.2 Å². The third kappa shape index (κ3) is 4.60. The van der Waals surface area contributed by atoms with Gasteiger partial charge in [0, 0.05) is 6.20 Å². The Morgan fingerprint density at radius 2 is 1.88 bits per heavy atom. The summed E-state index contributed by atoms with van der Waals surface area (Å²) < 4.78 is 20.3. The van der Waals surface area contributed by atoms with E-state index >= 15 is 0 Å². The average molecular weight is 467 g/mol. The highest BCUT2D eigenvalue weighted by Gasteiger charge is 2.40. The monoisotopic (exact) mass is 466 g/mol. The second-order valence-electron chi connectivity index (χ2n) is 9.09. The minimum atomic E-state index is -0.425. The molecule has 1 fully saturated rings. The van der Waals surface area contributed by atoms with Gasteiger partial charge in [-0.2, -0.15) is 0 Å². The predicted molar refractivity (Wildman–Crippen MR) is 129 cm³/mol. The van der Waals surface area contributed by atoms with Crippen LogP contribution in [0.4, 0.5) is 9.18 Å². The van der Waals surface area contributed by atoms with Crippen molar-refractivity contribution in [3.63, 3.8) is 0 Å². The Kier molecular flexibility index (Phi) is 6.44. The number of cyclic esters (lactones) is 1. The Hall–Kier alpha value is -2.92. The number of carbonyl (C=O) groups is 1. The van der Waals surface area contributed by atoms with Gasteiger partial charge in [-0.3, -0.25) is 4.90 Å². The molecule has 1 aromatic heterocycles. The summed E-state index contributed by atoms with van der Waals surface area (Å²) in [6.45, 7) is 10.3. The second kappa shape index (κ2) is 9.14. The molecule has 1 amide bonds. The van der Waals surface area contributed by atoms with Crippen LogP contribution in [0.2, 0.25) is 5.15 Å². The van der Waals surface area contributed by atoms with Crippen molar-refractivity contribution in [2.45, 2.75) is 59.2 Å². The molecule has 0 bridgehead atoms. The van der Waals surface area contributed by atoms with Crippen LogP contribution in [-0.2, 0) is 11.3 Å². The molecule has 0 saturated carbocycles. The number of rotatable bonds is 5. The highest BCUT2D eigenvalue weighted by Crippen LogP contribution is 2.37. The maximum absolute atomic E-state index is 14.5. The number of pyridine rings is 1. The van der Waals surface area contributed by atoms with Crippen molar-refractivity contribution >= 4 is 17.7 Å². The van der Waals surface area contributed by atoms with Gasteiger partial charge in [0.25, 0.3) is 0 Å². The zero-order chi connectivity index (χ0) is 23.9. The van der Waals surface area contributed by atoms with Crippen LogP contribution in [0.1, 0.15) is 60.6 Å². The van der Waals surface area contributed by atoms with E-state index in [0.717, 1.165) is 33.4 Å². The fourth-order valence-corrected chi connectivity index (χ4v) is 4.66. The minimum Gasteiger partial charge on any atom is -0.439 e. The first-order valence-corrected chi connectivity index (χ1v) is 11.5. The molecule has 2 atom stereocenters. The molecular formula is C27H28ClFN2O2. The molecule has 0 radical (unpaired) electrons. The van der Waals surface area contributed by atoms with E-state index in [4.69, 9.17) is 16.3 Å². The molecule has 0 N–H and O–H groups in total. The summed E-state index contributed by atoms with van der Waals surface area (Å²) in [5, 5.41) is 0.364. The van der Waals surface area contributed by atoms with Gasteiger partial charge in [0.1, 0.15) is 17.1 Å². The van der Waals surface area contributed by atoms with Crippen LogP contribution in [0.3, 0.4) is 0 Å². The van der Waals surface area contributed by atoms with Crippen LogP contribution in [0.5, 0.6) is 0 Å². The highest BCUT2D eigenvalue weighted by atomic mass is 35.5. The molecule has 1 saturated heterocycles. The van der Waals surface area contributed by atoms with Crippen molar-refractivity contribution in [1.29, 1.82) is 0 Å². The van der Waals surface area contributed by atoms with E-state index in [0.29, 0.717) is 17.3 Å². The lowest BCUT2D eigenvalue weighted by Gasteiger charge is -2.23. The maximum atomic E-state index is 14.5. The van der Waals surface area contributed by atoms with Crippen LogP contribution >= 0.6 is 11.6 Å². The van der Waals surface area contributed by atoms with E-state index in [-0.39, 0.29) is 23.9 Å². The predicted octanol–water partition coefficient (Wildman–Crippen LogP) is 7.36. The second-order valence-corrected chi connectivity index (χ2v) is 9.48. The summed E-state index contributed by atoms with van der Waals surface area (Å²) in [4.78, 5) is 18.6. The van der Waals surface area contributed by atoms with Crippen molar-refractivity contribution in [2.75, 3.05) is 0 Å². The SMILES string of the molecule is Cc1ccc(-c2cc(C(C)C)c(F)cc2C)c(CN2C(=O)O[C@H](c3ccnc(Cl)c3)[C@@H]2C)c1. The number of benzene rings is 2. The van der Waals surface area contributed by atoms with Gasteiger partial charge in [0.05, 0.1) is 12.6 Å². The summed E-state index contributed by atoms with van der Waals surface area (Å²) in [7, 11) is 0. The third-order valence-electron chi connectivity index (χ3n) is 6.33. The Bertz CT molecular complexity index is 1210. The number of aryl methyl sites for hydroxylation is 2. The van der Waals surface area contributed by atoms with Gasteiger partial charge in [-0.15, -0.1) is 0 Å². The fourth-order valence-electron chi connectivity index (χ4n) is 4.48. The summed E-state index contributed by atoms with van der Waals surface area (Å²) in [6.07, 6.45) is 0.821. The molecule has 1 aliphatic rings. The molecule has 2 aromatic carbocycles. The number of carbonyl (C=O) groups excluding carboxylic acids is 1. The number of ether oxygens (including phenoxy) is 1. The Morgan fingerprint density at radius 1 is 1.12 bits per heavy atom. The summed E-state index contributed by atoms with van der Waals surface area (Å²) in [5.41, 5.74) is 6.43. The van der Waals surface area contributed by atoms with Gasteiger partial charge in [0.2, 0.25) is 0 Å². The van der Waals surface area contributed by atoms with Crippen molar-refractivity contribution in [3.8, 4) is 11.1 Å². The molecule has 172 valence electrons. The van der Waals surface area contributed by atoms with E-state index in [1.165, 1.54) is 0 Å². The van der Waals surface area contributed by atoms with E-state index < -0.39 is 6.10 Å². The average Bonchev–Trinajstić information content (AvgIpc) is 3.02. The lowest BCUT2D eigenvalue weighted by atomic mass is 9.90. The molecule has 1 aliphatic heterocycles. The molecular weight excluding hydrogens is 439 g/mol. The molecule has 2 heterocycles. The standard InChI is InChI=1S/C27H28ClFN2O2/c1-15(2)22-13-23(17(4)11-24(22)29)21-7-6-16(3)10-20(21)14-31-18(5)26(33-27(31)32)19-8-9-30-25(28)12-19/h6-13,15,18,26H,14H2,1-5H3/t18-,26-/m0/s1. The summed E-state index contributed by atoms with van der Waals surface area (Å²) in [5.74, 6) is -0.115. The van der Waals surface area contributed by atoms with E-state index in [1.54, 1.807) is 23.2 Å². The molecule has 0 spiro atoms. The van der Waals surface area contributed by atoms with Gasteiger partial charge >= 0.3 is 6.09 Å². The minimum absolute atomic E-state index is 0.0692. The topological polar surface area (TPSA) is 42.4 Å². The molecule has 0 unspecified atom stereocenters. The van der Waals surface area contributed by atoms with Gasteiger partial charge < -0.3 is 4.74 Å². The first-order valence-electron chi connectivity index (χ1n) is 11.1. The van der Waals surface area contributed by atoms with Gasteiger partial charge in [0.15, 0.2) is 0 Å². The van der Waals surface area contributed by atoms with Crippen LogP contribution in [0, 0.1) is 19.7 Å². The molecule has 6 heteroatoms. The van der Waals surface area contributed by atoms with Crippen LogP contribution in [0.25, 0.3) is 11.1 Å².